The molecular weight excluding hydrogens is 280 g/mol. The van der Waals surface area contributed by atoms with Crippen LogP contribution in [0.25, 0.3) is 0 Å². The second-order valence-corrected chi connectivity index (χ2v) is 6.63. The summed E-state index contributed by atoms with van der Waals surface area (Å²) >= 11 is 0. The number of hydrogen-bond acceptors (Lipinski definition) is 2. The Labute approximate surface area is 145 Å². The Bertz CT molecular complexity index is 316. The lowest BCUT2D eigenvalue weighted by Crippen LogP contribution is -2.27. The molecule has 0 aliphatic rings. The zero-order valence-corrected chi connectivity index (χ0v) is 16.4. The molecule has 1 rings (SSSR count). The van der Waals surface area contributed by atoms with Gasteiger partial charge >= 0.3 is 0 Å². The van der Waals surface area contributed by atoms with Gasteiger partial charge in [0.05, 0.1) is 0 Å². The highest BCUT2D eigenvalue weighted by atomic mass is 15.1. The van der Waals surface area contributed by atoms with Crippen LogP contribution in [0.1, 0.15) is 64.9 Å². The summed E-state index contributed by atoms with van der Waals surface area (Å²) < 4.78 is 0. The lowest BCUT2D eigenvalue weighted by molar-refractivity contribution is 0.261. The fraction of sp³-hybridized carbons (Fsp3) is 0.714. The van der Waals surface area contributed by atoms with Crippen molar-refractivity contribution < 1.29 is 0 Å². The number of benzene rings is 1. The van der Waals surface area contributed by atoms with Crippen molar-refractivity contribution in [3.63, 3.8) is 0 Å². The summed E-state index contributed by atoms with van der Waals surface area (Å²) in [4.78, 5) is 4.80. The van der Waals surface area contributed by atoms with Crippen LogP contribution in [0.3, 0.4) is 0 Å². The van der Waals surface area contributed by atoms with E-state index >= 15 is 0 Å². The fourth-order valence-electron chi connectivity index (χ4n) is 2.43. The molecule has 0 atom stereocenters. The van der Waals surface area contributed by atoms with E-state index in [4.69, 9.17) is 0 Å². The molecule has 0 amide bonds. The van der Waals surface area contributed by atoms with E-state index in [0.717, 1.165) is 6.54 Å². The number of unbranched alkanes of at least 4 members (excludes halogenated alkanes) is 3. The van der Waals surface area contributed by atoms with Crippen LogP contribution in [-0.2, 0) is 6.54 Å². The smallest absolute Gasteiger partial charge is 0.0227 e. The van der Waals surface area contributed by atoms with Crippen LogP contribution in [0, 0.1) is 0 Å². The molecule has 134 valence electrons. The molecule has 0 radical (unpaired) electrons. The van der Waals surface area contributed by atoms with Gasteiger partial charge in [0.25, 0.3) is 0 Å². The zero-order valence-electron chi connectivity index (χ0n) is 16.4. The average molecular weight is 321 g/mol. The molecule has 0 unspecified atom stereocenters. The predicted octanol–water partition coefficient (Wildman–Crippen LogP) is 5.44. The Morgan fingerprint density at radius 2 is 1.13 bits per heavy atom. The van der Waals surface area contributed by atoms with Crippen molar-refractivity contribution in [2.24, 2.45) is 0 Å². The Morgan fingerprint density at radius 1 is 0.696 bits per heavy atom. The van der Waals surface area contributed by atoms with Gasteiger partial charge in [-0.1, -0.05) is 70.4 Å². The Morgan fingerprint density at radius 3 is 1.48 bits per heavy atom. The van der Waals surface area contributed by atoms with Crippen LogP contribution < -0.4 is 0 Å². The van der Waals surface area contributed by atoms with Gasteiger partial charge in [-0.05, 0) is 58.6 Å². The molecule has 23 heavy (non-hydrogen) atoms. The van der Waals surface area contributed by atoms with Gasteiger partial charge in [-0.15, -0.1) is 0 Å². The van der Waals surface area contributed by atoms with Gasteiger partial charge in [0.2, 0.25) is 0 Å². The third-order valence-electron chi connectivity index (χ3n) is 3.83. The summed E-state index contributed by atoms with van der Waals surface area (Å²) in [5, 5.41) is 0. The van der Waals surface area contributed by atoms with Gasteiger partial charge in [-0.25, -0.2) is 0 Å². The third kappa shape index (κ3) is 14.5. The van der Waals surface area contributed by atoms with Crippen LogP contribution in [0.4, 0.5) is 0 Å². The first-order chi connectivity index (χ1) is 11.1. The maximum atomic E-state index is 2.64. The lowest BCUT2D eigenvalue weighted by Gasteiger charge is -2.21. The fourth-order valence-corrected chi connectivity index (χ4v) is 2.43. The summed E-state index contributed by atoms with van der Waals surface area (Å²) in [5.41, 5.74) is 1.37. The van der Waals surface area contributed by atoms with Crippen molar-refractivity contribution in [2.75, 3.05) is 33.7 Å². The monoisotopic (exact) mass is 320 g/mol. The second-order valence-electron chi connectivity index (χ2n) is 6.63. The molecule has 0 bridgehead atoms. The first kappa shape index (κ1) is 22.1. The molecule has 0 aliphatic carbocycles. The molecule has 0 aliphatic heterocycles. The highest BCUT2D eigenvalue weighted by Gasteiger charge is 2.01. The minimum atomic E-state index is 1.03. The molecule has 2 heteroatoms. The third-order valence-corrected chi connectivity index (χ3v) is 3.83. The SMILES string of the molecule is CCCCN(CCCC)CCCC.CN(C)Cc1ccccc1. The van der Waals surface area contributed by atoms with E-state index in [1.807, 2.05) is 6.07 Å². The lowest BCUT2D eigenvalue weighted by atomic mass is 10.2. The van der Waals surface area contributed by atoms with E-state index in [-0.39, 0.29) is 0 Å². The summed E-state index contributed by atoms with van der Waals surface area (Å²) in [6.45, 7) is 11.8. The Balaban J connectivity index is 0.000000433. The summed E-state index contributed by atoms with van der Waals surface area (Å²) in [7, 11) is 4.15. The molecule has 1 aromatic carbocycles. The molecule has 0 heterocycles. The molecule has 0 aromatic heterocycles. The molecular formula is C21H40N2. The zero-order chi connectivity index (χ0) is 17.3. The molecule has 0 fully saturated rings. The van der Waals surface area contributed by atoms with Crippen molar-refractivity contribution in [1.29, 1.82) is 0 Å². The van der Waals surface area contributed by atoms with Crippen molar-refractivity contribution in [1.82, 2.24) is 9.80 Å². The summed E-state index contributed by atoms with van der Waals surface area (Å²) in [5.74, 6) is 0. The molecule has 0 saturated heterocycles. The first-order valence-corrected chi connectivity index (χ1v) is 9.54. The molecule has 1 aromatic rings. The van der Waals surface area contributed by atoms with Gasteiger partial charge < -0.3 is 9.80 Å². The van der Waals surface area contributed by atoms with Gasteiger partial charge in [0, 0.05) is 6.54 Å². The maximum Gasteiger partial charge on any atom is 0.0227 e. The van der Waals surface area contributed by atoms with Crippen LogP contribution in [0.5, 0.6) is 0 Å². The molecule has 0 saturated carbocycles. The highest BCUT2D eigenvalue weighted by molar-refractivity contribution is 5.14. The van der Waals surface area contributed by atoms with E-state index in [1.165, 1.54) is 63.7 Å². The highest BCUT2D eigenvalue weighted by Crippen LogP contribution is 2.01. The van der Waals surface area contributed by atoms with E-state index in [0.29, 0.717) is 0 Å². The summed E-state index contributed by atoms with van der Waals surface area (Å²) in [6.07, 6.45) is 8.09. The standard InChI is InChI=1S/C12H27N.C9H13N/c1-4-7-10-13(11-8-5-2)12-9-6-3;1-10(2)8-9-6-4-3-5-7-9/h4-12H2,1-3H3;3-7H,8H2,1-2H3. The van der Waals surface area contributed by atoms with Crippen molar-refractivity contribution in [3.05, 3.63) is 35.9 Å². The summed E-state index contributed by atoms with van der Waals surface area (Å²) in [6, 6.07) is 10.5. The maximum absolute atomic E-state index is 2.64. The van der Waals surface area contributed by atoms with Gasteiger partial charge in [0.1, 0.15) is 0 Å². The minimum Gasteiger partial charge on any atom is -0.305 e. The van der Waals surface area contributed by atoms with Gasteiger partial charge in [0.15, 0.2) is 0 Å². The normalized spacial score (nSPS) is 10.7. The van der Waals surface area contributed by atoms with E-state index in [2.05, 4.69) is 68.9 Å². The van der Waals surface area contributed by atoms with E-state index in [1.54, 1.807) is 0 Å². The van der Waals surface area contributed by atoms with Crippen LogP contribution in [0.2, 0.25) is 0 Å². The van der Waals surface area contributed by atoms with Crippen LogP contribution >= 0.6 is 0 Å². The van der Waals surface area contributed by atoms with Crippen molar-refractivity contribution in [3.8, 4) is 0 Å². The van der Waals surface area contributed by atoms with Crippen molar-refractivity contribution in [2.45, 2.75) is 65.8 Å². The quantitative estimate of drug-likeness (QED) is 0.536. The number of nitrogens with zero attached hydrogens (tertiary/aromatic N) is 2. The largest absolute Gasteiger partial charge is 0.305 e. The van der Waals surface area contributed by atoms with Crippen LogP contribution in [0.15, 0.2) is 30.3 Å². The van der Waals surface area contributed by atoms with Gasteiger partial charge in [-0.2, -0.15) is 0 Å². The van der Waals surface area contributed by atoms with E-state index < -0.39 is 0 Å². The van der Waals surface area contributed by atoms with E-state index in [9.17, 15) is 0 Å². The van der Waals surface area contributed by atoms with Crippen molar-refractivity contribution >= 4 is 0 Å². The molecule has 0 N–H and O–H groups in total. The predicted molar refractivity (Wildman–Crippen MR) is 105 cm³/mol. The molecule has 0 spiro atoms. The average Bonchev–Trinajstić information content (AvgIpc) is 2.55. The molecule has 2 nitrogen and oxygen atoms in total. The minimum absolute atomic E-state index is 1.03. The first-order valence-electron chi connectivity index (χ1n) is 9.54. The topological polar surface area (TPSA) is 6.48 Å². The Kier molecular flexibility index (Phi) is 15.4. The van der Waals surface area contributed by atoms with Gasteiger partial charge in [-0.3, -0.25) is 0 Å². The second kappa shape index (κ2) is 16.0. The number of rotatable bonds is 11. The number of hydrogen-bond donors (Lipinski definition) is 0. The Hall–Kier alpha value is -0.860. The van der Waals surface area contributed by atoms with Crippen LogP contribution in [-0.4, -0.2) is 43.5 Å².